The summed E-state index contributed by atoms with van der Waals surface area (Å²) < 4.78 is 11.3. The minimum atomic E-state index is -0.369. The Morgan fingerprint density at radius 1 is 1.27 bits per heavy atom. The van der Waals surface area contributed by atoms with Crippen molar-refractivity contribution in [3.05, 3.63) is 39.7 Å². The summed E-state index contributed by atoms with van der Waals surface area (Å²) in [5.74, 6) is 0.790. The molecule has 3 rings (SSSR count). The van der Waals surface area contributed by atoms with E-state index in [1.807, 2.05) is 26.0 Å². The van der Waals surface area contributed by atoms with Gasteiger partial charge in [0.05, 0.1) is 0 Å². The van der Waals surface area contributed by atoms with Crippen LogP contribution in [0, 0.1) is 6.92 Å². The first-order valence-corrected chi connectivity index (χ1v) is 7.86. The smallest absolute Gasteiger partial charge is 0.336 e. The summed E-state index contributed by atoms with van der Waals surface area (Å²) >= 11 is 0. The first-order chi connectivity index (χ1) is 10.6. The van der Waals surface area contributed by atoms with Crippen molar-refractivity contribution in [3.8, 4) is 5.75 Å². The van der Waals surface area contributed by atoms with Crippen LogP contribution in [0.5, 0.6) is 5.75 Å². The number of Topliss-reactive ketones (excluding diaryl/α,β-unsaturated/α-hetero) is 1. The third-order valence-corrected chi connectivity index (χ3v) is 4.35. The summed E-state index contributed by atoms with van der Waals surface area (Å²) in [6.45, 7) is 3.88. The van der Waals surface area contributed by atoms with E-state index in [2.05, 4.69) is 0 Å². The van der Waals surface area contributed by atoms with Gasteiger partial charge in [-0.2, -0.15) is 0 Å². The molecule has 1 aromatic carbocycles. The second kappa shape index (κ2) is 5.95. The van der Waals surface area contributed by atoms with E-state index in [-0.39, 0.29) is 17.5 Å². The van der Waals surface area contributed by atoms with Crippen LogP contribution in [0.25, 0.3) is 11.0 Å². The zero-order valence-corrected chi connectivity index (χ0v) is 13.0. The third kappa shape index (κ3) is 2.65. The number of ketones is 1. The topological polar surface area (TPSA) is 56.5 Å². The molecule has 0 amide bonds. The number of carbonyl (C=O) groups excluding carboxylic acids is 1. The van der Waals surface area contributed by atoms with Crippen LogP contribution in [-0.4, -0.2) is 11.9 Å². The predicted octanol–water partition coefficient (Wildman–Crippen LogP) is 3.55. The summed E-state index contributed by atoms with van der Waals surface area (Å²) in [4.78, 5) is 23.6. The van der Waals surface area contributed by atoms with Gasteiger partial charge in [-0.15, -0.1) is 0 Å². The fourth-order valence-electron chi connectivity index (χ4n) is 3.06. The zero-order chi connectivity index (χ0) is 15.7. The van der Waals surface area contributed by atoms with Crippen LogP contribution >= 0.6 is 0 Å². The van der Waals surface area contributed by atoms with Crippen molar-refractivity contribution >= 4 is 16.8 Å². The summed E-state index contributed by atoms with van der Waals surface area (Å²) in [5.41, 5.74) is 1.96. The Hall–Kier alpha value is -2.10. The van der Waals surface area contributed by atoms with Crippen LogP contribution in [0.4, 0.5) is 0 Å². The maximum atomic E-state index is 11.9. The van der Waals surface area contributed by atoms with Crippen LogP contribution in [0.1, 0.15) is 43.7 Å². The fraction of sp³-hybridized carbons (Fsp3) is 0.444. The van der Waals surface area contributed by atoms with E-state index < -0.39 is 0 Å². The van der Waals surface area contributed by atoms with Crippen molar-refractivity contribution in [2.75, 3.05) is 0 Å². The van der Waals surface area contributed by atoms with Crippen molar-refractivity contribution in [2.45, 2.75) is 52.1 Å². The van der Waals surface area contributed by atoms with E-state index in [0.29, 0.717) is 17.8 Å². The molecule has 0 radical (unpaired) electrons. The van der Waals surface area contributed by atoms with Crippen molar-refractivity contribution in [3.63, 3.8) is 0 Å². The highest BCUT2D eigenvalue weighted by atomic mass is 16.5. The highest BCUT2D eigenvalue weighted by Gasteiger charge is 2.25. The van der Waals surface area contributed by atoms with E-state index in [1.54, 1.807) is 0 Å². The van der Waals surface area contributed by atoms with Crippen molar-refractivity contribution in [1.82, 2.24) is 0 Å². The maximum absolute atomic E-state index is 11.9. The number of rotatable bonds is 3. The van der Waals surface area contributed by atoms with Crippen LogP contribution in [0.15, 0.2) is 27.4 Å². The molecule has 4 heteroatoms. The molecule has 0 N–H and O–H groups in total. The summed E-state index contributed by atoms with van der Waals surface area (Å²) in [6, 6.07) is 5.32. The van der Waals surface area contributed by atoms with Crippen LogP contribution in [0.2, 0.25) is 0 Å². The molecule has 1 fully saturated rings. The molecule has 1 atom stereocenters. The van der Waals surface area contributed by atoms with E-state index >= 15 is 0 Å². The van der Waals surface area contributed by atoms with Crippen LogP contribution in [0.3, 0.4) is 0 Å². The maximum Gasteiger partial charge on any atom is 0.336 e. The fourth-order valence-corrected chi connectivity index (χ4v) is 3.06. The molecule has 1 unspecified atom stereocenters. The molecule has 116 valence electrons. The second-order valence-corrected chi connectivity index (χ2v) is 5.83. The predicted molar refractivity (Wildman–Crippen MR) is 84.5 cm³/mol. The number of hydrogen-bond donors (Lipinski definition) is 0. The Bertz CT molecular complexity index is 772. The van der Waals surface area contributed by atoms with E-state index in [9.17, 15) is 9.59 Å². The molecule has 1 aromatic heterocycles. The van der Waals surface area contributed by atoms with Gasteiger partial charge in [0.1, 0.15) is 11.3 Å². The minimum Gasteiger partial charge on any atom is -0.482 e. The largest absolute Gasteiger partial charge is 0.482 e. The van der Waals surface area contributed by atoms with Gasteiger partial charge in [0.25, 0.3) is 0 Å². The van der Waals surface area contributed by atoms with E-state index in [0.717, 1.165) is 42.2 Å². The Morgan fingerprint density at radius 3 is 2.82 bits per heavy atom. The molecule has 4 nitrogen and oxygen atoms in total. The average Bonchev–Trinajstić information content (AvgIpc) is 2.52. The molecule has 2 aromatic rings. The molecular weight excluding hydrogens is 280 g/mol. The van der Waals surface area contributed by atoms with E-state index in [4.69, 9.17) is 9.15 Å². The summed E-state index contributed by atoms with van der Waals surface area (Å²) in [7, 11) is 0. The standard InChI is InChI=1S/C18H20O4/c1-3-12-10-17(20)22-18-11(2)15(9-8-13(12)18)21-16-7-5-4-6-14(16)19/h8-10,16H,3-7H2,1-2H3. The van der Waals surface area contributed by atoms with Gasteiger partial charge in [0.15, 0.2) is 11.9 Å². The third-order valence-electron chi connectivity index (χ3n) is 4.35. The first kappa shape index (κ1) is 14.8. The molecule has 1 heterocycles. The molecule has 0 spiro atoms. The van der Waals surface area contributed by atoms with Gasteiger partial charge < -0.3 is 9.15 Å². The molecule has 0 aliphatic heterocycles. The van der Waals surface area contributed by atoms with Crippen LogP contribution in [-0.2, 0) is 11.2 Å². The lowest BCUT2D eigenvalue weighted by molar-refractivity contribution is -0.127. The first-order valence-electron chi connectivity index (χ1n) is 7.86. The van der Waals surface area contributed by atoms with Gasteiger partial charge >= 0.3 is 5.63 Å². The quantitative estimate of drug-likeness (QED) is 0.813. The molecular formula is C18H20O4. The lowest BCUT2D eigenvalue weighted by atomic mass is 9.96. The van der Waals surface area contributed by atoms with E-state index in [1.165, 1.54) is 6.07 Å². The number of hydrogen-bond acceptors (Lipinski definition) is 4. The Kier molecular flexibility index (Phi) is 4.01. The molecule has 1 aliphatic carbocycles. The van der Waals surface area contributed by atoms with Gasteiger partial charge in [0.2, 0.25) is 0 Å². The average molecular weight is 300 g/mol. The summed E-state index contributed by atoms with van der Waals surface area (Å²) in [6.07, 6.45) is 3.71. The highest BCUT2D eigenvalue weighted by Crippen LogP contribution is 2.30. The Labute approximate surface area is 129 Å². The Balaban J connectivity index is 2.03. The molecule has 1 saturated carbocycles. The number of ether oxygens (including phenoxy) is 1. The lowest BCUT2D eigenvalue weighted by Gasteiger charge is -2.23. The molecule has 0 saturated heterocycles. The normalized spacial score (nSPS) is 18.6. The number of fused-ring (bicyclic) bond motifs is 1. The van der Waals surface area contributed by atoms with Crippen molar-refractivity contribution in [1.29, 1.82) is 0 Å². The minimum absolute atomic E-state index is 0.162. The second-order valence-electron chi connectivity index (χ2n) is 5.83. The summed E-state index contributed by atoms with van der Waals surface area (Å²) in [5, 5.41) is 0.932. The van der Waals surface area contributed by atoms with Gasteiger partial charge in [-0.3, -0.25) is 4.79 Å². The van der Waals surface area contributed by atoms with Crippen LogP contribution < -0.4 is 10.4 Å². The van der Waals surface area contributed by atoms with Gasteiger partial charge in [0, 0.05) is 23.4 Å². The van der Waals surface area contributed by atoms with Crippen molar-refractivity contribution < 1.29 is 13.9 Å². The SMILES string of the molecule is CCc1cc(=O)oc2c(C)c(OC3CCCCC3=O)ccc12. The number of aryl methyl sites for hydroxylation is 2. The zero-order valence-electron chi connectivity index (χ0n) is 13.0. The van der Waals surface area contributed by atoms with Gasteiger partial charge in [-0.1, -0.05) is 6.92 Å². The van der Waals surface area contributed by atoms with Crippen molar-refractivity contribution in [2.24, 2.45) is 0 Å². The molecule has 0 bridgehead atoms. The monoisotopic (exact) mass is 300 g/mol. The number of carbonyl (C=O) groups is 1. The molecule has 22 heavy (non-hydrogen) atoms. The Morgan fingerprint density at radius 2 is 2.09 bits per heavy atom. The van der Waals surface area contributed by atoms with Gasteiger partial charge in [-0.05, 0) is 50.3 Å². The molecule has 1 aliphatic rings. The van der Waals surface area contributed by atoms with Gasteiger partial charge in [-0.25, -0.2) is 4.79 Å². The number of benzene rings is 1. The lowest BCUT2D eigenvalue weighted by Crippen LogP contribution is -2.30. The highest BCUT2D eigenvalue weighted by molar-refractivity contribution is 5.86.